The first-order chi connectivity index (χ1) is 13.7. The Labute approximate surface area is 187 Å². The number of hydrogen-bond acceptors (Lipinski definition) is 3. The van der Waals surface area contributed by atoms with Crippen LogP contribution in [-0.2, 0) is 10.0 Å². The zero-order valence-electron chi connectivity index (χ0n) is 14.4. The molecule has 0 atom stereocenters. The van der Waals surface area contributed by atoms with Crippen molar-refractivity contribution in [3.05, 3.63) is 86.3 Å². The topological polar surface area (TPSA) is 75.3 Å². The SMILES string of the molecule is O=C(Nc1ccc(Cl)c(S(=O)(=O)Nc2ccc(Cl)cc2)c1)c1ccc(Cl)cc1Cl. The maximum atomic E-state index is 12.7. The second-order valence-electron chi connectivity index (χ2n) is 5.84. The van der Waals surface area contributed by atoms with E-state index in [9.17, 15) is 13.2 Å². The quantitative estimate of drug-likeness (QED) is 0.438. The average molecular weight is 490 g/mol. The Morgan fingerprint density at radius 1 is 0.724 bits per heavy atom. The highest BCUT2D eigenvalue weighted by Crippen LogP contribution is 2.28. The summed E-state index contributed by atoms with van der Waals surface area (Å²) < 4.78 is 27.9. The van der Waals surface area contributed by atoms with Gasteiger partial charge in [-0.15, -0.1) is 0 Å². The molecule has 3 rings (SSSR count). The van der Waals surface area contributed by atoms with Crippen LogP contribution in [0.5, 0.6) is 0 Å². The monoisotopic (exact) mass is 488 g/mol. The molecule has 0 aliphatic rings. The number of hydrogen-bond donors (Lipinski definition) is 2. The van der Waals surface area contributed by atoms with Gasteiger partial charge in [0, 0.05) is 21.4 Å². The van der Waals surface area contributed by atoms with E-state index in [4.69, 9.17) is 46.4 Å². The highest BCUT2D eigenvalue weighted by Gasteiger charge is 2.20. The molecule has 0 saturated heterocycles. The van der Waals surface area contributed by atoms with Gasteiger partial charge in [-0.1, -0.05) is 46.4 Å². The molecule has 0 unspecified atom stereocenters. The van der Waals surface area contributed by atoms with E-state index in [2.05, 4.69) is 10.0 Å². The van der Waals surface area contributed by atoms with E-state index in [1.165, 1.54) is 48.5 Å². The number of nitrogens with one attached hydrogen (secondary N) is 2. The average Bonchev–Trinajstić information content (AvgIpc) is 2.64. The fourth-order valence-electron chi connectivity index (χ4n) is 2.39. The lowest BCUT2D eigenvalue weighted by Crippen LogP contribution is -2.16. The molecule has 0 radical (unpaired) electrons. The molecule has 0 heterocycles. The van der Waals surface area contributed by atoms with Crippen LogP contribution in [0.2, 0.25) is 20.1 Å². The van der Waals surface area contributed by atoms with Crippen LogP contribution in [0, 0.1) is 0 Å². The van der Waals surface area contributed by atoms with Gasteiger partial charge in [0.1, 0.15) is 4.90 Å². The van der Waals surface area contributed by atoms with Crippen LogP contribution in [0.25, 0.3) is 0 Å². The van der Waals surface area contributed by atoms with Gasteiger partial charge in [-0.2, -0.15) is 0 Å². The number of carbonyl (C=O) groups excluding carboxylic acids is 1. The molecule has 3 aromatic rings. The molecule has 0 bridgehead atoms. The van der Waals surface area contributed by atoms with Crippen molar-refractivity contribution >= 4 is 73.7 Å². The van der Waals surface area contributed by atoms with Crippen LogP contribution >= 0.6 is 46.4 Å². The molecule has 10 heteroatoms. The minimum atomic E-state index is -4.01. The minimum Gasteiger partial charge on any atom is -0.322 e. The maximum absolute atomic E-state index is 12.7. The van der Waals surface area contributed by atoms with E-state index >= 15 is 0 Å². The first-order valence-corrected chi connectivity index (χ1v) is 11.0. The Bertz CT molecular complexity index is 1180. The Morgan fingerprint density at radius 3 is 2.00 bits per heavy atom. The van der Waals surface area contributed by atoms with Crippen molar-refractivity contribution in [3.8, 4) is 0 Å². The summed E-state index contributed by atoms with van der Waals surface area (Å²) in [7, 11) is -4.01. The summed E-state index contributed by atoms with van der Waals surface area (Å²) in [6.07, 6.45) is 0. The van der Waals surface area contributed by atoms with Crippen molar-refractivity contribution in [1.29, 1.82) is 0 Å². The van der Waals surface area contributed by atoms with Gasteiger partial charge in [0.25, 0.3) is 15.9 Å². The third-order valence-corrected chi connectivity index (χ3v) is 6.41. The predicted octanol–water partition coefficient (Wildman–Crippen LogP) is 6.35. The number of halogens is 4. The van der Waals surface area contributed by atoms with Gasteiger partial charge >= 0.3 is 0 Å². The summed E-state index contributed by atoms with van der Waals surface area (Å²) in [6, 6.07) is 14.7. The second kappa shape index (κ2) is 8.81. The summed E-state index contributed by atoms with van der Waals surface area (Å²) in [4.78, 5) is 12.3. The predicted molar refractivity (Wildman–Crippen MR) is 118 cm³/mol. The van der Waals surface area contributed by atoms with Crippen LogP contribution in [0.1, 0.15) is 10.4 Å². The van der Waals surface area contributed by atoms with Crippen LogP contribution in [-0.4, -0.2) is 14.3 Å². The Hall–Kier alpha value is -1.96. The number of amides is 1. The number of anilines is 2. The summed E-state index contributed by atoms with van der Waals surface area (Å²) >= 11 is 23.8. The molecule has 150 valence electrons. The van der Waals surface area contributed by atoms with Crippen LogP contribution in [0.4, 0.5) is 11.4 Å². The highest BCUT2D eigenvalue weighted by atomic mass is 35.5. The zero-order chi connectivity index (χ0) is 21.2. The normalized spacial score (nSPS) is 11.2. The first-order valence-electron chi connectivity index (χ1n) is 8.00. The van der Waals surface area contributed by atoms with Crippen molar-refractivity contribution in [2.75, 3.05) is 10.0 Å². The van der Waals surface area contributed by atoms with Crippen molar-refractivity contribution < 1.29 is 13.2 Å². The summed E-state index contributed by atoms with van der Waals surface area (Å²) in [5.74, 6) is -0.525. The van der Waals surface area contributed by atoms with Gasteiger partial charge in [-0.25, -0.2) is 8.42 Å². The third-order valence-electron chi connectivity index (χ3n) is 3.75. The first kappa shape index (κ1) is 21.7. The second-order valence-corrected chi connectivity index (χ2v) is 9.17. The lowest BCUT2D eigenvalue weighted by Gasteiger charge is -2.12. The molecule has 0 aliphatic heterocycles. The van der Waals surface area contributed by atoms with Crippen molar-refractivity contribution in [2.45, 2.75) is 4.90 Å². The summed E-state index contributed by atoms with van der Waals surface area (Å²) in [6.45, 7) is 0. The van der Waals surface area contributed by atoms with E-state index < -0.39 is 15.9 Å². The number of rotatable bonds is 5. The standard InChI is InChI=1S/C19H12Cl4N2O3S/c20-11-1-4-13(5-2-11)25-29(27,28)18-10-14(6-8-16(18)22)24-19(26)15-7-3-12(21)9-17(15)23/h1-10,25H,(H,24,26). The molecule has 29 heavy (non-hydrogen) atoms. The molecular weight excluding hydrogens is 478 g/mol. The van der Waals surface area contributed by atoms with Crippen LogP contribution in [0.15, 0.2) is 65.6 Å². The number of benzene rings is 3. The van der Waals surface area contributed by atoms with Gasteiger partial charge < -0.3 is 5.32 Å². The van der Waals surface area contributed by atoms with Gasteiger partial charge in [0.15, 0.2) is 0 Å². The molecule has 3 aromatic carbocycles. The lowest BCUT2D eigenvalue weighted by atomic mass is 10.2. The Balaban J connectivity index is 1.87. The summed E-state index contributed by atoms with van der Waals surface area (Å²) in [5, 5.41) is 3.61. The molecule has 0 aliphatic carbocycles. The highest BCUT2D eigenvalue weighted by molar-refractivity contribution is 7.92. The molecule has 0 fully saturated rings. The van der Waals surface area contributed by atoms with Gasteiger partial charge in [0.05, 0.1) is 15.6 Å². The number of sulfonamides is 1. The van der Waals surface area contributed by atoms with Gasteiger partial charge in [-0.3, -0.25) is 9.52 Å². The molecule has 0 aromatic heterocycles. The third kappa shape index (κ3) is 5.35. The Morgan fingerprint density at radius 2 is 1.34 bits per heavy atom. The molecular formula is C19H12Cl4N2O3S. The van der Waals surface area contributed by atoms with Gasteiger partial charge in [0.2, 0.25) is 0 Å². The summed E-state index contributed by atoms with van der Waals surface area (Å²) in [5.41, 5.74) is 0.726. The largest absolute Gasteiger partial charge is 0.322 e. The van der Waals surface area contributed by atoms with E-state index in [1.807, 2.05) is 0 Å². The fraction of sp³-hybridized carbons (Fsp3) is 0. The fourth-order valence-corrected chi connectivity index (χ4v) is 4.59. The van der Waals surface area contributed by atoms with Crippen molar-refractivity contribution in [2.24, 2.45) is 0 Å². The lowest BCUT2D eigenvalue weighted by molar-refractivity contribution is 0.102. The molecule has 5 nitrogen and oxygen atoms in total. The zero-order valence-corrected chi connectivity index (χ0v) is 18.3. The van der Waals surface area contributed by atoms with Crippen LogP contribution < -0.4 is 10.0 Å². The molecule has 2 N–H and O–H groups in total. The van der Waals surface area contributed by atoms with E-state index in [-0.39, 0.29) is 26.2 Å². The van der Waals surface area contributed by atoms with Gasteiger partial charge in [-0.05, 0) is 60.7 Å². The minimum absolute atomic E-state index is 0.00557. The smallest absolute Gasteiger partial charge is 0.263 e. The maximum Gasteiger partial charge on any atom is 0.263 e. The number of carbonyl (C=O) groups is 1. The van der Waals surface area contributed by atoms with E-state index in [0.717, 1.165) is 0 Å². The Kier molecular flexibility index (Phi) is 6.61. The van der Waals surface area contributed by atoms with E-state index in [0.29, 0.717) is 15.7 Å². The van der Waals surface area contributed by atoms with Crippen molar-refractivity contribution in [1.82, 2.24) is 0 Å². The molecule has 1 amide bonds. The van der Waals surface area contributed by atoms with Crippen molar-refractivity contribution in [3.63, 3.8) is 0 Å². The van der Waals surface area contributed by atoms with E-state index in [1.54, 1.807) is 12.1 Å². The molecule has 0 spiro atoms. The van der Waals surface area contributed by atoms with Crippen LogP contribution in [0.3, 0.4) is 0 Å². The molecule has 0 saturated carbocycles.